The Morgan fingerprint density at radius 3 is 2.63 bits per heavy atom. The Labute approximate surface area is 201 Å². The molecule has 0 bridgehead atoms. The molecular formula is C24H26FN7O3. The van der Waals surface area contributed by atoms with Gasteiger partial charge in [-0.1, -0.05) is 12.1 Å². The van der Waals surface area contributed by atoms with E-state index in [0.29, 0.717) is 54.6 Å². The van der Waals surface area contributed by atoms with Crippen molar-refractivity contribution in [2.24, 2.45) is 10.7 Å². The molecule has 3 aromatic rings. The second-order valence-corrected chi connectivity index (χ2v) is 8.27. The first-order valence-corrected chi connectivity index (χ1v) is 11.4. The quantitative estimate of drug-likeness (QED) is 0.439. The van der Waals surface area contributed by atoms with Crippen LogP contribution in [0.1, 0.15) is 41.9 Å². The summed E-state index contributed by atoms with van der Waals surface area (Å²) in [4.78, 5) is 40.6. The molecule has 2 N–H and O–H groups in total. The minimum atomic E-state index is -0.384. The zero-order chi connectivity index (χ0) is 23.5. The Kier molecular flexibility index (Phi) is 7.14. The second kappa shape index (κ2) is 10.4. The van der Waals surface area contributed by atoms with Gasteiger partial charge in [-0.05, 0) is 37.1 Å². The molecule has 1 atom stereocenters. The smallest absolute Gasteiger partial charge is 0.275 e. The molecular weight excluding hydrogens is 453 g/mol. The number of rotatable bonds is 5. The first-order chi connectivity index (χ1) is 16.6. The molecule has 10 nitrogen and oxygen atoms in total. The van der Waals surface area contributed by atoms with Gasteiger partial charge >= 0.3 is 0 Å². The van der Waals surface area contributed by atoms with E-state index >= 15 is 0 Å². The summed E-state index contributed by atoms with van der Waals surface area (Å²) in [5, 5.41) is 4.59. The summed E-state index contributed by atoms with van der Waals surface area (Å²) in [5.74, 6) is 0.0131. The maximum atomic E-state index is 13.7. The summed E-state index contributed by atoms with van der Waals surface area (Å²) in [6.45, 7) is 1.78. The fourth-order valence-electron chi connectivity index (χ4n) is 4.42. The van der Waals surface area contributed by atoms with Crippen LogP contribution in [0.3, 0.4) is 0 Å². The van der Waals surface area contributed by atoms with Gasteiger partial charge in [-0.25, -0.2) is 4.68 Å². The highest BCUT2D eigenvalue weighted by atomic mass is 19.0. The number of aromatic nitrogens is 4. The van der Waals surface area contributed by atoms with Gasteiger partial charge in [-0.2, -0.15) is 10.1 Å². The van der Waals surface area contributed by atoms with Crippen LogP contribution in [-0.2, 0) is 11.3 Å². The predicted molar refractivity (Wildman–Crippen MR) is 127 cm³/mol. The third-order valence-electron chi connectivity index (χ3n) is 6.00. The van der Waals surface area contributed by atoms with E-state index < -0.39 is 0 Å². The van der Waals surface area contributed by atoms with Crippen LogP contribution in [0.25, 0.3) is 11.3 Å². The van der Waals surface area contributed by atoms with Gasteiger partial charge < -0.3 is 15.4 Å². The van der Waals surface area contributed by atoms with Crippen LogP contribution in [0.4, 0.5) is 4.70 Å². The monoisotopic (exact) mass is 479 g/mol. The van der Waals surface area contributed by atoms with Gasteiger partial charge in [0, 0.05) is 44.4 Å². The summed E-state index contributed by atoms with van der Waals surface area (Å²) in [6.07, 6.45) is 5.68. The number of hydrogen-bond donors (Lipinski definition) is 1. The highest BCUT2D eigenvalue weighted by molar-refractivity contribution is 6.03. The average molecular weight is 480 g/mol. The number of aryl methyl sites for hydroxylation is 1. The fourth-order valence-corrected chi connectivity index (χ4v) is 4.42. The van der Waals surface area contributed by atoms with Gasteiger partial charge in [0.1, 0.15) is 5.69 Å². The molecule has 2 aliphatic heterocycles. The summed E-state index contributed by atoms with van der Waals surface area (Å²) in [6, 6.07) is 10.5. The van der Waals surface area contributed by atoms with E-state index in [1.807, 2.05) is 18.2 Å². The Hall–Kier alpha value is -4.15. The lowest BCUT2D eigenvalue weighted by Gasteiger charge is -2.23. The van der Waals surface area contributed by atoms with Gasteiger partial charge in [0.25, 0.3) is 5.91 Å². The predicted octanol–water partition coefficient (Wildman–Crippen LogP) is 2.20. The molecule has 0 spiro atoms. The van der Waals surface area contributed by atoms with Gasteiger partial charge in [0.2, 0.25) is 11.8 Å². The van der Waals surface area contributed by atoms with Crippen molar-refractivity contribution in [1.82, 2.24) is 24.6 Å². The van der Waals surface area contributed by atoms with Crippen LogP contribution in [0.5, 0.6) is 5.88 Å². The molecule has 11 heteroatoms. The van der Waals surface area contributed by atoms with Gasteiger partial charge in [0.15, 0.2) is 11.5 Å². The van der Waals surface area contributed by atoms with E-state index in [4.69, 9.17) is 10.5 Å². The fraction of sp³-hybridized carbons (Fsp3) is 0.333. The lowest BCUT2D eigenvalue weighted by Crippen LogP contribution is -2.37. The van der Waals surface area contributed by atoms with E-state index in [9.17, 15) is 9.59 Å². The standard InChI is InChI=1S/C24H25N7O3.FH/c25-22(18-9-2-4-11-27-18)28-19(32)15-16-7-5-12-30(16)23(33)21-20(17-8-1-3-10-26-17)24-31(29-21)13-6-14-34-24;/h1-4,8-11,16H,5-7,12-15H2,(H2,25,28,32);1H/t16-;/m0./s1. The number of amides is 2. The maximum Gasteiger partial charge on any atom is 0.275 e. The van der Waals surface area contributed by atoms with Crippen LogP contribution in [0.2, 0.25) is 0 Å². The maximum absolute atomic E-state index is 13.7. The van der Waals surface area contributed by atoms with Gasteiger partial charge in [0.05, 0.1) is 17.9 Å². The molecule has 2 aliphatic rings. The van der Waals surface area contributed by atoms with Crippen LogP contribution < -0.4 is 10.5 Å². The number of ether oxygens (including phenoxy) is 1. The van der Waals surface area contributed by atoms with E-state index in [0.717, 1.165) is 12.8 Å². The molecule has 0 aliphatic carbocycles. The SMILES string of the molecule is F.NC(=NC(=O)C[C@@H]1CCCN1C(=O)c1nn2c(c1-c1ccccn1)OCCC2)c1ccccn1. The number of halogens is 1. The van der Waals surface area contributed by atoms with Crippen molar-refractivity contribution in [3.05, 3.63) is 60.2 Å². The van der Waals surface area contributed by atoms with Crippen LogP contribution in [-0.4, -0.2) is 61.5 Å². The third kappa shape index (κ3) is 4.88. The van der Waals surface area contributed by atoms with Crippen molar-refractivity contribution in [2.45, 2.75) is 38.3 Å². The molecule has 1 fully saturated rings. The number of nitrogens with two attached hydrogens (primary N) is 1. The van der Waals surface area contributed by atoms with Crippen molar-refractivity contribution in [2.75, 3.05) is 13.2 Å². The largest absolute Gasteiger partial charge is 0.477 e. The third-order valence-corrected chi connectivity index (χ3v) is 6.00. The Balaban J connectivity index is 0.00000289. The van der Waals surface area contributed by atoms with Crippen LogP contribution in [0.15, 0.2) is 53.8 Å². The van der Waals surface area contributed by atoms with Crippen molar-refractivity contribution >= 4 is 17.6 Å². The Bertz CT molecular complexity index is 1230. The van der Waals surface area contributed by atoms with Gasteiger partial charge in [-0.3, -0.25) is 24.3 Å². The highest BCUT2D eigenvalue weighted by Crippen LogP contribution is 2.36. The van der Waals surface area contributed by atoms with E-state index in [1.165, 1.54) is 0 Å². The van der Waals surface area contributed by atoms with Crippen LogP contribution in [0, 0.1) is 0 Å². The van der Waals surface area contributed by atoms with E-state index in [1.54, 1.807) is 40.2 Å². The number of amidine groups is 1. The normalized spacial score (nSPS) is 17.3. The van der Waals surface area contributed by atoms with Crippen molar-refractivity contribution in [3.8, 4) is 17.1 Å². The minimum Gasteiger partial charge on any atom is -0.477 e. The van der Waals surface area contributed by atoms with E-state index in [-0.39, 0.29) is 34.8 Å². The zero-order valence-electron chi connectivity index (χ0n) is 19.0. The molecule has 3 aromatic heterocycles. The number of pyridine rings is 2. The number of fused-ring (bicyclic) bond motifs is 1. The summed E-state index contributed by atoms with van der Waals surface area (Å²) in [7, 11) is 0. The summed E-state index contributed by atoms with van der Waals surface area (Å²) >= 11 is 0. The first kappa shape index (κ1) is 24.0. The molecule has 0 radical (unpaired) electrons. The molecule has 5 heterocycles. The van der Waals surface area contributed by atoms with Crippen molar-refractivity contribution < 1.29 is 19.0 Å². The molecule has 35 heavy (non-hydrogen) atoms. The molecule has 0 saturated carbocycles. The number of nitrogens with zero attached hydrogens (tertiary/aromatic N) is 6. The average Bonchev–Trinajstić information content (AvgIpc) is 3.49. The molecule has 2 amide bonds. The molecule has 5 rings (SSSR count). The zero-order valence-corrected chi connectivity index (χ0v) is 19.0. The number of carbonyl (C=O) groups excluding carboxylic acids is 2. The summed E-state index contributed by atoms with van der Waals surface area (Å²) < 4.78 is 7.61. The number of hydrogen-bond acceptors (Lipinski definition) is 6. The molecule has 1 saturated heterocycles. The number of likely N-dealkylation sites (tertiary alicyclic amines) is 1. The van der Waals surface area contributed by atoms with Crippen LogP contribution >= 0.6 is 0 Å². The number of aliphatic imine (C=N–C) groups is 1. The highest BCUT2D eigenvalue weighted by Gasteiger charge is 2.36. The summed E-state index contributed by atoms with van der Waals surface area (Å²) in [5.41, 5.74) is 7.92. The molecule has 182 valence electrons. The Morgan fingerprint density at radius 2 is 1.89 bits per heavy atom. The lowest BCUT2D eigenvalue weighted by atomic mass is 10.1. The lowest BCUT2D eigenvalue weighted by molar-refractivity contribution is -0.118. The minimum absolute atomic E-state index is 0. The van der Waals surface area contributed by atoms with E-state index in [2.05, 4.69) is 20.1 Å². The first-order valence-electron chi connectivity index (χ1n) is 11.4. The topological polar surface area (TPSA) is 129 Å². The van der Waals surface area contributed by atoms with Gasteiger partial charge in [-0.15, -0.1) is 0 Å². The van der Waals surface area contributed by atoms with Crippen molar-refractivity contribution in [3.63, 3.8) is 0 Å². The second-order valence-electron chi connectivity index (χ2n) is 8.27. The Morgan fingerprint density at radius 1 is 1.09 bits per heavy atom. The molecule has 0 unspecified atom stereocenters. The number of carbonyl (C=O) groups is 2. The van der Waals surface area contributed by atoms with Crippen molar-refractivity contribution in [1.29, 1.82) is 0 Å². The molecule has 0 aromatic carbocycles.